The van der Waals surface area contributed by atoms with Crippen LogP contribution in [0.4, 0.5) is 4.39 Å². The maximum atomic E-state index is 13.3. The average molecular weight is 479 g/mol. The minimum Gasteiger partial charge on any atom is -0.391 e. The van der Waals surface area contributed by atoms with Crippen LogP contribution in [0.25, 0.3) is 21.1 Å². The van der Waals surface area contributed by atoms with Crippen LogP contribution in [0, 0.1) is 12.7 Å². The lowest BCUT2D eigenvalue weighted by Gasteiger charge is -2.17. The van der Waals surface area contributed by atoms with Gasteiger partial charge in [-0.15, -0.1) is 11.3 Å². The maximum Gasteiger partial charge on any atom is 0.143 e. The monoisotopic (exact) mass is 478 g/mol. The van der Waals surface area contributed by atoms with E-state index in [1.807, 2.05) is 25.3 Å². The quantitative estimate of drug-likeness (QED) is 0.302. The standard InChI is InChI=1S/C25H20ClFN4OS/c1-15-24(33-25(29-15)17-5-3-11-28-13-17)22-10-8-16-4-2-6-21(23(16)30-22)31-32-14-18-7-9-19(27)12-20(18)26/h3,5,7-13H,2,4,6,14H2,1H3/b31-21+. The Morgan fingerprint density at radius 1 is 1.15 bits per heavy atom. The Bertz CT molecular complexity index is 1340. The number of hydrogen-bond donors (Lipinski definition) is 0. The van der Waals surface area contributed by atoms with Crippen LogP contribution in [0.1, 0.15) is 35.4 Å². The van der Waals surface area contributed by atoms with Crippen LogP contribution in [0.3, 0.4) is 0 Å². The molecule has 1 aliphatic carbocycles. The van der Waals surface area contributed by atoms with E-state index in [9.17, 15) is 4.39 Å². The molecule has 3 heterocycles. The first kappa shape index (κ1) is 21.7. The number of hydrogen-bond acceptors (Lipinski definition) is 6. The third kappa shape index (κ3) is 4.65. The van der Waals surface area contributed by atoms with Gasteiger partial charge in [-0.1, -0.05) is 28.9 Å². The van der Waals surface area contributed by atoms with Crippen molar-refractivity contribution in [2.45, 2.75) is 32.8 Å². The fourth-order valence-electron chi connectivity index (χ4n) is 3.78. The van der Waals surface area contributed by atoms with Gasteiger partial charge in [0.05, 0.1) is 27.0 Å². The number of thiazole rings is 1. The van der Waals surface area contributed by atoms with E-state index in [4.69, 9.17) is 26.4 Å². The molecule has 0 radical (unpaired) electrons. The Morgan fingerprint density at radius 3 is 2.88 bits per heavy atom. The number of fused-ring (bicyclic) bond motifs is 1. The molecule has 5 rings (SSSR count). The number of oxime groups is 1. The topological polar surface area (TPSA) is 60.3 Å². The maximum absolute atomic E-state index is 13.3. The third-order valence-corrected chi connectivity index (χ3v) is 7.04. The van der Waals surface area contributed by atoms with Crippen molar-refractivity contribution in [2.24, 2.45) is 5.16 Å². The molecule has 0 aliphatic heterocycles. The number of aryl methyl sites for hydroxylation is 2. The fourth-order valence-corrected chi connectivity index (χ4v) is 5.03. The molecule has 0 N–H and O–H groups in total. The molecule has 0 spiro atoms. The van der Waals surface area contributed by atoms with E-state index < -0.39 is 0 Å². The van der Waals surface area contributed by atoms with E-state index >= 15 is 0 Å². The van der Waals surface area contributed by atoms with E-state index in [0.717, 1.165) is 63.1 Å². The molecule has 4 aromatic rings. The Balaban J connectivity index is 1.42. The molecule has 8 heteroatoms. The van der Waals surface area contributed by atoms with Gasteiger partial charge in [0.15, 0.2) is 0 Å². The second-order valence-corrected chi connectivity index (χ2v) is 9.19. The predicted octanol–water partition coefficient (Wildman–Crippen LogP) is 6.63. The highest BCUT2D eigenvalue weighted by molar-refractivity contribution is 7.18. The molecule has 0 amide bonds. The summed E-state index contributed by atoms with van der Waals surface area (Å²) in [4.78, 5) is 20.5. The molecule has 0 atom stereocenters. The van der Waals surface area contributed by atoms with Crippen molar-refractivity contribution >= 4 is 28.6 Å². The van der Waals surface area contributed by atoms with Gasteiger partial charge in [-0.25, -0.2) is 14.4 Å². The first-order valence-electron chi connectivity index (χ1n) is 10.6. The SMILES string of the molecule is Cc1nc(-c2cccnc2)sc1-c1ccc2c(n1)/C(=N/OCc1ccc(F)cc1Cl)CCC2. The van der Waals surface area contributed by atoms with E-state index in [1.54, 1.807) is 23.6 Å². The summed E-state index contributed by atoms with van der Waals surface area (Å²) in [5, 5.41) is 5.62. The summed E-state index contributed by atoms with van der Waals surface area (Å²) in [6.45, 7) is 2.16. The van der Waals surface area contributed by atoms with Crippen molar-refractivity contribution in [3.63, 3.8) is 0 Å². The third-order valence-electron chi connectivity index (χ3n) is 5.46. The molecular formula is C25H20ClFN4OS. The molecule has 1 aromatic carbocycles. The Kier molecular flexibility index (Phi) is 6.15. The Hall–Kier alpha value is -3.16. The van der Waals surface area contributed by atoms with Crippen LogP contribution >= 0.6 is 22.9 Å². The predicted molar refractivity (Wildman–Crippen MR) is 129 cm³/mol. The molecule has 3 aromatic heterocycles. The van der Waals surface area contributed by atoms with Crippen molar-refractivity contribution in [3.8, 4) is 21.1 Å². The average Bonchev–Trinajstić information content (AvgIpc) is 3.22. The van der Waals surface area contributed by atoms with Gasteiger partial charge in [-0.05, 0) is 62.1 Å². The molecular weight excluding hydrogens is 459 g/mol. The van der Waals surface area contributed by atoms with E-state index in [1.165, 1.54) is 12.1 Å². The molecule has 0 saturated heterocycles. The minimum atomic E-state index is -0.377. The zero-order valence-corrected chi connectivity index (χ0v) is 19.5. The summed E-state index contributed by atoms with van der Waals surface area (Å²) in [7, 11) is 0. The lowest BCUT2D eigenvalue weighted by atomic mass is 9.94. The highest BCUT2D eigenvalue weighted by Crippen LogP contribution is 2.35. The fraction of sp³-hybridized carbons (Fsp3) is 0.200. The Morgan fingerprint density at radius 2 is 2.06 bits per heavy atom. The Labute approximate surface area is 200 Å². The highest BCUT2D eigenvalue weighted by Gasteiger charge is 2.21. The van der Waals surface area contributed by atoms with E-state index in [2.05, 4.69) is 22.3 Å². The zero-order chi connectivity index (χ0) is 22.8. The van der Waals surface area contributed by atoms with Crippen LogP contribution < -0.4 is 0 Å². The van der Waals surface area contributed by atoms with Crippen molar-refractivity contribution < 1.29 is 9.23 Å². The number of pyridine rings is 2. The summed E-state index contributed by atoms with van der Waals surface area (Å²) >= 11 is 7.70. The van der Waals surface area contributed by atoms with Crippen molar-refractivity contribution in [3.05, 3.63) is 88.2 Å². The van der Waals surface area contributed by atoms with Crippen LogP contribution in [-0.2, 0) is 17.9 Å². The van der Waals surface area contributed by atoms with E-state index in [-0.39, 0.29) is 12.4 Å². The minimum absolute atomic E-state index is 0.167. The van der Waals surface area contributed by atoms with Crippen molar-refractivity contribution in [1.29, 1.82) is 0 Å². The van der Waals surface area contributed by atoms with Gasteiger partial charge in [-0.2, -0.15) is 0 Å². The summed E-state index contributed by atoms with van der Waals surface area (Å²) in [5.74, 6) is -0.377. The van der Waals surface area contributed by atoms with Crippen LogP contribution in [0.15, 0.2) is 60.0 Å². The highest BCUT2D eigenvalue weighted by atomic mass is 35.5. The number of halogens is 2. The summed E-state index contributed by atoms with van der Waals surface area (Å²) in [5.41, 5.74) is 6.30. The number of rotatable bonds is 5. The van der Waals surface area contributed by atoms with Crippen molar-refractivity contribution in [1.82, 2.24) is 15.0 Å². The van der Waals surface area contributed by atoms with Crippen LogP contribution in [0.5, 0.6) is 0 Å². The van der Waals surface area contributed by atoms with Crippen LogP contribution in [0.2, 0.25) is 5.02 Å². The van der Waals surface area contributed by atoms with Gasteiger partial charge in [0.25, 0.3) is 0 Å². The second-order valence-electron chi connectivity index (χ2n) is 7.78. The summed E-state index contributed by atoms with van der Waals surface area (Å²) in [6, 6.07) is 12.3. The second kappa shape index (κ2) is 9.37. The summed E-state index contributed by atoms with van der Waals surface area (Å²) < 4.78 is 13.3. The van der Waals surface area contributed by atoms with Gasteiger partial charge in [0.1, 0.15) is 23.1 Å². The zero-order valence-electron chi connectivity index (χ0n) is 17.9. The molecule has 1 aliphatic rings. The summed E-state index contributed by atoms with van der Waals surface area (Å²) in [6.07, 6.45) is 6.29. The normalized spacial score (nSPS) is 14.3. The molecule has 5 nitrogen and oxygen atoms in total. The lowest BCUT2D eigenvalue weighted by molar-refractivity contribution is 0.130. The molecule has 0 saturated carbocycles. The first-order chi connectivity index (χ1) is 16.1. The smallest absolute Gasteiger partial charge is 0.143 e. The number of nitrogens with zero attached hydrogens (tertiary/aromatic N) is 4. The van der Waals surface area contributed by atoms with Gasteiger partial charge in [0.2, 0.25) is 0 Å². The van der Waals surface area contributed by atoms with E-state index in [0.29, 0.717) is 10.6 Å². The lowest BCUT2D eigenvalue weighted by Crippen LogP contribution is -2.15. The first-order valence-corrected chi connectivity index (χ1v) is 11.8. The van der Waals surface area contributed by atoms with Gasteiger partial charge < -0.3 is 4.84 Å². The molecule has 166 valence electrons. The largest absolute Gasteiger partial charge is 0.391 e. The van der Waals surface area contributed by atoms with Gasteiger partial charge in [-0.3, -0.25) is 4.98 Å². The van der Waals surface area contributed by atoms with Crippen LogP contribution in [-0.4, -0.2) is 20.7 Å². The number of benzene rings is 1. The molecule has 0 unspecified atom stereocenters. The van der Waals surface area contributed by atoms with Gasteiger partial charge in [0, 0.05) is 23.5 Å². The number of aromatic nitrogens is 3. The molecule has 0 bridgehead atoms. The molecule has 0 fully saturated rings. The molecule has 33 heavy (non-hydrogen) atoms. The van der Waals surface area contributed by atoms with Gasteiger partial charge >= 0.3 is 0 Å². The van der Waals surface area contributed by atoms with Crippen molar-refractivity contribution in [2.75, 3.05) is 0 Å².